The minimum absolute atomic E-state index is 0.0263. The Kier molecular flexibility index (Phi) is 8.11. The molecule has 11 heteroatoms. The first-order valence-electron chi connectivity index (χ1n) is 12.4. The molecule has 0 spiro atoms. The summed E-state index contributed by atoms with van der Waals surface area (Å²) in [6.45, 7) is 3.70. The van der Waals surface area contributed by atoms with Gasteiger partial charge in [0.25, 0.3) is 0 Å². The van der Waals surface area contributed by atoms with Crippen molar-refractivity contribution in [2.24, 2.45) is 5.92 Å². The third kappa shape index (κ3) is 5.63. The lowest BCUT2D eigenvalue weighted by Gasteiger charge is -2.37. The molecule has 0 saturated heterocycles. The van der Waals surface area contributed by atoms with Crippen LogP contribution in [0.4, 0.5) is 4.79 Å². The van der Waals surface area contributed by atoms with Crippen LogP contribution in [0.25, 0.3) is 11.1 Å². The second kappa shape index (κ2) is 11.1. The first-order chi connectivity index (χ1) is 17.2. The first kappa shape index (κ1) is 26.3. The van der Waals surface area contributed by atoms with Crippen molar-refractivity contribution in [2.45, 2.75) is 62.6 Å². The summed E-state index contributed by atoms with van der Waals surface area (Å²) in [6, 6.07) is 4.31. The third-order valence-corrected chi connectivity index (χ3v) is 9.06. The number of amides is 2. The number of aromatic nitrogens is 2. The summed E-state index contributed by atoms with van der Waals surface area (Å²) in [5.74, 6) is -0.0555. The van der Waals surface area contributed by atoms with E-state index in [4.69, 9.17) is 4.74 Å². The zero-order chi connectivity index (χ0) is 25.9. The molecular weight excluding hydrogens is 482 g/mol. The Labute approximate surface area is 212 Å². The summed E-state index contributed by atoms with van der Waals surface area (Å²) in [5.41, 5.74) is 1.44. The third-order valence-electron chi connectivity index (χ3n) is 7.04. The molecule has 1 saturated carbocycles. The van der Waals surface area contributed by atoms with E-state index in [1.54, 1.807) is 43.4 Å². The number of aliphatic hydroxyl groups is 1. The molecule has 2 aliphatic rings. The Morgan fingerprint density at radius 2 is 1.94 bits per heavy atom. The normalized spacial score (nSPS) is 23.1. The van der Waals surface area contributed by atoms with Gasteiger partial charge in [0, 0.05) is 49.6 Å². The van der Waals surface area contributed by atoms with E-state index >= 15 is 0 Å². The maximum absolute atomic E-state index is 13.6. The molecule has 0 bridgehead atoms. The standard InChI is InChI=1S/C25H35N5O5S/c1-17-13-30(18(2)15-31)36(33,34)24-9-8-19(20-11-26-16-27-12-20)10-22(24)35-23(17)14-29(3)25(32)28-21-6-4-5-7-21/h8-12,16-18,21,23,31H,4-7,13-15H2,1-3H3,(H,28,32)/t17-,18-,23-/m0/s1. The topological polar surface area (TPSA) is 125 Å². The van der Waals surface area contributed by atoms with Gasteiger partial charge in [-0.25, -0.2) is 23.2 Å². The molecular formula is C25H35N5O5S. The molecule has 2 amide bonds. The summed E-state index contributed by atoms with van der Waals surface area (Å²) < 4.78 is 35.0. The molecule has 1 fully saturated rings. The van der Waals surface area contributed by atoms with Gasteiger partial charge in [-0.3, -0.25) is 0 Å². The molecule has 4 rings (SSSR count). The average Bonchev–Trinajstić information content (AvgIpc) is 3.39. The van der Waals surface area contributed by atoms with Crippen LogP contribution in [0.5, 0.6) is 5.75 Å². The van der Waals surface area contributed by atoms with Crippen LogP contribution in [-0.4, -0.2) is 83.7 Å². The maximum Gasteiger partial charge on any atom is 0.317 e. The van der Waals surface area contributed by atoms with Gasteiger partial charge in [0.05, 0.1) is 13.2 Å². The molecule has 0 unspecified atom stereocenters. The van der Waals surface area contributed by atoms with Crippen molar-refractivity contribution in [1.29, 1.82) is 0 Å². The number of hydrogen-bond acceptors (Lipinski definition) is 7. The number of urea groups is 1. The summed E-state index contributed by atoms with van der Waals surface area (Å²) in [4.78, 5) is 22.6. The number of carbonyl (C=O) groups excluding carboxylic acids is 1. The second-order valence-electron chi connectivity index (χ2n) is 9.84. The summed E-state index contributed by atoms with van der Waals surface area (Å²) >= 11 is 0. The molecule has 0 radical (unpaired) electrons. The smallest absolute Gasteiger partial charge is 0.317 e. The minimum Gasteiger partial charge on any atom is -0.487 e. The number of aliphatic hydroxyl groups excluding tert-OH is 1. The molecule has 1 aromatic heterocycles. The van der Waals surface area contributed by atoms with Crippen molar-refractivity contribution in [3.63, 3.8) is 0 Å². The lowest BCUT2D eigenvalue weighted by molar-refractivity contribution is 0.0809. The van der Waals surface area contributed by atoms with Crippen molar-refractivity contribution >= 4 is 16.1 Å². The number of nitrogens with one attached hydrogen (secondary N) is 1. The van der Waals surface area contributed by atoms with Crippen molar-refractivity contribution in [3.05, 3.63) is 36.9 Å². The van der Waals surface area contributed by atoms with Crippen LogP contribution in [-0.2, 0) is 10.0 Å². The SMILES string of the molecule is C[C@H]1CN([C@@H](C)CO)S(=O)(=O)c2ccc(-c3cncnc3)cc2O[C@H]1CN(C)C(=O)NC1CCCC1. The van der Waals surface area contributed by atoms with Gasteiger partial charge in [0.15, 0.2) is 0 Å². The van der Waals surface area contributed by atoms with Crippen molar-refractivity contribution < 1.29 is 23.1 Å². The lowest BCUT2D eigenvalue weighted by Crippen LogP contribution is -2.51. The number of nitrogens with zero attached hydrogens (tertiary/aromatic N) is 4. The van der Waals surface area contributed by atoms with E-state index in [2.05, 4.69) is 15.3 Å². The molecule has 10 nitrogen and oxygen atoms in total. The highest BCUT2D eigenvalue weighted by atomic mass is 32.2. The Balaban J connectivity index is 1.68. The quantitative estimate of drug-likeness (QED) is 0.603. The molecule has 2 heterocycles. The molecule has 2 aromatic rings. The lowest BCUT2D eigenvalue weighted by atomic mass is 10.0. The van der Waals surface area contributed by atoms with Crippen LogP contribution in [0.3, 0.4) is 0 Å². The van der Waals surface area contributed by atoms with Crippen LogP contribution >= 0.6 is 0 Å². The largest absolute Gasteiger partial charge is 0.487 e. The molecule has 196 valence electrons. The fraction of sp³-hybridized carbons (Fsp3) is 0.560. The Hall–Kier alpha value is -2.76. The number of hydrogen-bond donors (Lipinski definition) is 2. The summed E-state index contributed by atoms with van der Waals surface area (Å²) in [7, 11) is -2.22. The highest BCUT2D eigenvalue weighted by Gasteiger charge is 2.38. The average molecular weight is 518 g/mol. The number of likely N-dealkylation sites (N-methyl/N-ethyl adjacent to an activating group) is 1. The van der Waals surface area contributed by atoms with Gasteiger partial charge in [0.2, 0.25) is 10.0 Å². The second-order valence-corrected chi connectivity index (χ2v) is 11.7. The number of benzene rings is 1. The molecule has 3 atom stereocenters. The van der Waals surface area contributed by atoms with E-state index in [1.165, 1.54) is 16.7 Å². The van der Waals surface area contributed by atoms with Crippen LogP contribution in [0, 0.1) is 5.92 Å². The van der Waals surface area contributed by atoms with Crippen LogP contribution < -0.4 is 10.1 Å². The van der Waals surface area contributed by atoms with Crippen molar-refractivity contribution in [3.8, 4) is 16.9 Å². The van der Waals surface area contributed by atoms with Gasteiger partial charge in [0.1, 0.15) is 23.1 Å². The fourth-order valence-corrected chi connectivity index (χ4v) is 6.60. The zero-order valence-corrected chi connectivity index (χ0v) is 21.8. The molecule has 1 aliphatic heterocycles. The summed E-state index contributed by atoms with van der Waals surface area (Å²) in [6.07, 6.45) is 8.46. The van der Waals surface area contributed by atoms with Gasteiger partial charge in [-0.1, -0.05) is 25.8 Å². The number of rotatable bonds is 6. The van der Waals surface area contributed by atoms with Crippen LogP contribution in [0.15, 0.2) is 41.8 Å². The predicted octanol–water partition coefficient (Wildman–Crippen LogP) is 2.50. The molecule has 36 heavy (non-hydrogen) atoms. The van der Waals surface area contributed by atoms with E-state index in [1.807, 2.05) is 6.92 Å². The maximum atomic E-state index is 13.6. The van der Waals surface area contributed by atoms with Crippen LogP contribution in [0.2, 0.25) is 0 Å². The summed E-state index contributed by atoms with van der Waals surface area (Å²) in [5, 5.41) is 12.9. The van der Waals surface area contributed by atoms with Gasteiger partial charge < -0.3 is 20.1 Å². The number of ether oxygens (including phenoxy) is 1. The van der Waals surface area contributed by atoms with E-state index in [-0.39, 0.29) is 48.3 Å². The van der Waals surface area contributed by atoms with Crippen molar-refractivity contribution in [2.75, 3.05) is 26.7 Å². The molecule has 1 aromatic carbocycles. The number of carbonyl (C=O) groups is 1. The van der Waals surface area contributed by atoms with Crippen LogP contribution in [0.1, 0.15) is 39.5 Å². The van der Waals surface area contributed by atoms with Crippen molar-refractivity contribution in [1.82, 2.24) is 24.5 Å². The Bertz CT molecular complexity index is 1160. The van der Waals surface area contributed by atoms with E-state index < -0.39 is 22.2 Å². The molecule has 1 aliphatic carbocycles. The first-order valence-corrected chi connectivity index (χ1v) is 13.8. The Morgan fingerprint density at radius 3 is 2.61 bits per heavy atom. The monoisotopic (exact) mass is 517 g/mol. The van der Waals surface area contributed by atoms with Gasteiger partial charge >= 0.3 is 6.03 Å². The highest BCUT2D eigenvalue weighted by Crippen LogP contribution is 2.36. The Morgan fingerprint density at radius 1 is 1.25 bits per heavy atom. The zero-order valence-electron chi connectivity index (χ0n) is 21.0. The number of fused-ring (bicyclic) bond motifs is 1. The highest BCUT2D eigenvalue weighted by molar-refractivity contribution is 7.89. The fourth-order valence-electron chi connectivity index (χ4n) is 4.78. The predicted molar refractivity (Wildman–Crippen MR) is 135 cm³/mol. The van der Waals surface area contributed by atoms with E-state index in [0.717, 1.165) is 31.2 Å². The van der Waals surface area contributed by atoms with Gasteiger partial charge in [-0.15, -0.1) is 0 Å². The van der Waals surface area contributed by atoms with Gasteiger partial charge in [-0.2, -0.15) is 4.31 Å². The molecule has 2 N–H and O–H groups in total. The van der Waals surface area contributed by atoms with Gasteiger partial charge in [-0.05, 0) is 37.5 Å². The van der Waals surface area contributed by atoms with E-state index in [9.17, 15) is 18.3 Å². The van der Waals surface area contributed by atoms with E-state index in [0.29, 0.717) is 5.56 Å². The minimum atomic E-state index is -3.95. The number of sulfonamides is 1.